The van der Waals surface area contributed by atoms with E-state index in [0.717, 1.165) is 21.8 Å². The molecule has 0 aliphatic heterocycles. The highest BCUT2D eigenvalue weighted by atomic mass is 35.5. The van der Waals surface area contributed by atoms with E-state index in [2.05, 4.69) is 11.7 Å². The third kappa shape index (κ3) is 1.60. The van der Waals surface area contributed by atoms with E-state index < -0.39 is 0 Å². The minimum Gasteiger partial charge on any atom is -0.265 e. The van der Waals surface area contributed by atoms with Crippen molar-refractivity contribution in [1.82, 2.24) is 0 Å². The highest BCUT2D eigenvalue weighted by Gasteiger charge is 1.99. The average Bonchev–Trinajstić information content (AvgIpc) is 1.99. The fourth-order valence-electron chi connectivity index (χ4n) is 0.889. The summed E-state index contributed by atoms with van der Waals surface area (Å²) in [7, 11) is 0. The molecule has 0 unspecified atom stereocenters. The molecule has 0 radical (unpaired) electrons. The van der Waals surface area contributed by atoms with Crippen LogP contribution in [0.3, 0.4) is 0 Å². The number of aliphatic imine (C=N–C) groups is 1. The van der Waals surface area contributed by atoms with Crippen LogP contribution in [0.15, 0.2) is 17.1 Å². The summed E-state index contributed by atoms with van der Waals surface area (Å²) in [5.41, 5.74) is 3.09. The largest absolute Gasteiger partial charge is 0.265 e. The summed E-state index contributed by atoms with van der Waals surface area (Å²) in [4.78, 5) is 3.80. The van der Waals surface area contributed by atoms with Crippen LogP contribution in [0.25, 0.3) is 0 Å². The van der Waals surface area contributed by atoms with Gasteiger partial charge in [0.05, 0.1) is 5.69 Å². The van der Waals surface area contributed by atoms with Crippen LogP contribution < -0.4 is 0 Å². The first-order chi connectivity index (χ1) is 5.15. The normalized spacial score (nSPS) is 9.73. The first-order valence-electron chi connectivity index (χ1n) is 3.38. The summed E-state index contributed by atoms with van der Waals surface area (Å²) in [6.07, 6.45) is 0. The Bertz CT molecular complexity index is 269. The first-order valence-corrected chi connectivity index (χ1v) is 3.76. The van der Waals surface area contributed by atoms with Gasteiger partial charge in [0.15, 0.2) is 0 Å². The number of aryl methyl sites for hydroxylation is 1. The van der Waals surface area contributed by atoms with Crippen molar-refractivity contribution in [3.63, 3.8) is 0 Å². The SMILES string of the molecule is C=Nc1cc(C)c(C)c(Cl)c1. The second kappa shape index (κ2) is 3.05. The molecule has 58 valence electrons. The molecule has 0 atom stereocenters. The fourth-order valence-corrected chi connectivity index (χ4v) is 1.15. The molecule has 0 bridgehead atoms. The van der Waals surface area contributed by atoms with Crippen LogP contribution in [0.5, 0.6) is 0 Å². The Balaban J connectivity index is 3.31. The fraction of sp³-hybridized carbons (Fsp3) is 0.222. The molecular weight excluding hydrogens is 158 g/mol. The van der Waals surface area contributed by atoms with E-state index >= 15 is 0 Å². The average molecular weight is 168 g/mol. The van der Waals surface area contributed by atoms with Crippen LogP contribution >= 0.6 is 11.6 Å². The van der Waals surface area contributed by atoms with E-state index in [1.165, 1.54) is 0 Å². The van der Waals surface area contributed by atoms with Crippen LogP contribution in [0.2, 0.25) is 5.02 Å². The minimum absolute atomic E-state index is 0.757. The van der Waals surface area contributed by atoms with E-state index in [4.69, 9.17) is 11.6 Å². The molecule has 1 rings (SSSR count). The summed E-state index contributed by atoms with van der Waals surface area (Å²) < 4.78 is 0. The van der Waals surface area contributed by atoms with Crippen LogP contribution in [-0.2, 0) is 0 Å². The molecule has 0 heterocycles. The van der Waals surface area contributed by atoms with Crippen LogP contribution in [0.4, 0.5) is 5.69 Å². The third-order valence-electron chi connectivity index (χ3n) is 1.77. The van der Waals surface area contributed by atoms with Crippen molar-refractivity contribution in [1.29, 1.82) is 0 Å². The molecule has 1 nitrogen and oxygen atoms in total. The van der Waals surface area contributed by atoms with Crippen molar-refractivity contribution in [3.8, 4) is 0 Å². The Morgan fingerprint density at radius 3 is 2.45 bits per heavy atom. The lowest BCUT2D eigenvalue weighted by Gasteiger charge is -2.02. The number of hydrogen-bond acceptors (Lipinski definition) is 1. The monoisotopic (exact) mass is 167 g/mol. The number of hydrogen-bond donors (Lipinski definition) is 0. The van der Waals surface area contributed by atoms with Gasteiger partial charge >= 0.3 is 0 Å². The van der Waals surface area contributed by atoms with Gasteiger partial charge in [-0.1, -0.05) is 11.6 Å². The van der Waals surface area contributed by atoms with Crippen molar-refractivity contribution in [2.24, 2.45) is 4.99 Å². The van der Waals surface area contributed by atoms with Crippen molar-refractivity contribution in [2.45, 2.75) is 13.8 Å². The topological polar surface area (TPSA) is 12.4 Å². The quantitative estimate of drug-likeness (QED) is 0.570. The summed E-state index contributed by atoms with van der Waals surface area (Å²) >= 11 is 5.91. The standard InChI is InChI=1S/C9H10ClN/c1-6-4-8(11-3)5-9(10)7(6)2/h4-5H,3H2,1-2H3. The maximum absolute atomic E-state index is 5.91. The molecular formula is C9H10ClN. The molecule has 0 N–H and O–H groups in total. The highest BCUT2D eigenvalue weighted by molar-refractivity contribution is 6.31. The third-order valence-corrected chi connectivity index (χ3v) is 2.16. The molecule has 1 aromatic rings. The second-order valence-electron chi connectivity index (χ2n) is 2.53. The van der Waals surface area contributed by atoms with Gasteiger partial charge in [0.25, 0.3) is 0 Å². The maximum atomic E-state index is 5.91. The molecule has 0 fully saturated rings. The predicted molar refractivity (Wildman–Crippen MR) is 50.1 cm³/mol. The van der Waals surface area contributed by atoms with Gasteiger partial charge in [-0.05, 0) is 43.8 Å². The molecule has 0 aliphatic carbocycles. The van der Waals surface area contributed by atoms with Gasteiger partial charge in [-0.2, -0.15) is 0 Å². The van der Waals surface area contributed by atoms with Crippen molar-refractivity contribution < 1.29 is 0 Å². The number of nitrogens with zero attached hydrogens (tertiary/aromatic N) is 1. The predicted octanol–water partition coefficient (Wildman–Crippen LogP) is 3.29. The van der Waals surface area contributed by atoms with E-state index in [9.17, 15) is 0 Å². The zero-order valence-corrected chi connectivity index (χ0v) is 7.44. The summed E-state index contributed by atoms with van der Waals surface area (Å²) in [5, 5.41) is 0.757. The first kappa shape index (κ1) is 8.28. The van der Waals surface area contributed by atoms with E-state index in [1.807, 2.05) is 26.0 Å². The number of rotatable bonds is 1. The van der Waals surface area contributed by atoms with Gasteiger partial charge in [-0.3, -0.25) is 4.99 Å². The van der Waals surface area contributed by atoms with E-state index in [1.54, 1.807) is 0 Å². The Kier molecular flexibility index (Phi) is 2.30. The van der Waals surface area contributed by atoms with Gasteiger partial charge in [-0.25, -0.2) is 0 Å². The van der Waals surface area contributed by atoms with Crippen LogP contribution in [0, 0.1) is 13.8 Å². The lowest BCUT2D eigenvalue weighted by molar-refractivity contribution is 1.33. The van der Waals surface area contributed by atoms with Gasteiger partial charge in [0.2, 0.25) is 0 Å². The molecule has 1 aromatic carbocycles. The van der Waals surface area contributed by atoms with Crippen LogP contribution in [0.1, 0.15) is 11.1 Å². The van der Waals surface area contributed by atoms with Gasteiger partial charge in [0.1, 0.15) is 0 Å². The molecule has 0 aromatic heterocycles. The Hall–Kier alpha value is -0.820. The van der Waals surface area contributed by atoms with Crippen molar-refractivity contribution in [3.05, 3.63) is 28.3 Å². The summed E-state index contributed by atoms with van der Waals surface area (Å²) in [6.45, 7) is 7.43. The highest BCUT2D eigenvalue weighted by Crippen LogP contribution is 2.25. The molecule has 0 saturated heterocycles. The minimum atomic E-state index is 0.757. The van der Waals surface area contributed by atoms with Gasteiger partial charge in [0, 0.05) is 5.02 Å². The smallest absolute Gasteiger partial charge is 0.0640 e. The number of benzene rings is 1. The zero-order chi connectivity index (χ0) is 8.43. The van der Waals surface area contributed by atoms with Gasteiger partial charge < -0.3 is 0 Å². The molecule has 2 heteroatoms. The Labute approximate surface area is 71.7 Å². The molecule has 0 amide bonds. The number of halogens is 1. The van der Waals surface area contributed by atoms with Crippen molar-refractivity contribution >= 4 is 24.0 Å². The molecule has 0 spiro atoms. The lowest BCUT2D eigenvalue weighted by Crippen LogP contribution is -1.80. The lowest BCUT2D eigenvalue weighted by atomic mass is 10.1. The Morgan fingerprint density at radius 1 is 1.36 bits per heavy atom. The second-order valence-corrected chi connectivity index (χ2v) is 2.93. The summed E-state index contributed by atoms with van der Waals surface area (Å²) in [6, 6.07) is 3.78. The molecule has 11 heavy (non-hydrogen) atoms. The zero-order valence-electron chi connectivity index (χ0n) is 6.69. The van der Waals surface area contributed by atoms with E-state index in [0.29, 0.717) is 0 Å². The Morgan fingerprint density at radius 2 is 2.00 bits per heavy atom. The van der Waals surface area contributed by atoms with Crippen LogP contribution in [-0.4, -0.2) is 6.72 Å². The van der Waals surface area contributed by atoms with E-state index in [-0.39, 0.29) is 0 Å². The molecule has 0 saturated carbocycles. The maximum Gasteiger partial charge on any atom is 0.0640 e. The molecule has 0 aliphatic rings. The van der Waals surface area contributed by atoms with Crippen molar-refractivity contribution in [2.75, 3.05) is 0 Å². The summed E-state index contributed by atoms with van der Waals surface area (Å²) in [5.74, 6) is 0. The van der Waals surface area contributed by atoms with Gasteiger partial charge in [-0.15, -0.1) is 0 Å².